The molecular formula is C13H20N4O3. The third-order valence-corrected chi connectivity index (χ3v) is 4.05. The summed E-state index contributed by atoms with van der Waals surface area (Å²) in [4.78, 5) is 22.5. The van der Waals surface area contributed by atoms with Gasteiger partial charge in [0.25, 0.3) is 5.91 Å². The molecular weight excluding hydrogens is 260 g/mol. The minimum absolute atomic E-state index is 0.0565. The Morgan fingerprint density at radius 3 is 2.70 bits per heavy atom. The van der Waals surface area contributed by atoms with Gasteiger partial charge >= 0.3 is 5.82 Å². The molecule has 0 aromatic carbocycles. The molecule has 1 aliphatic rings. The number of carbonyl (C=O) groups excluding carboxylic acids is 1. The number of nitrogens with two attached hydrogens (primary N) is 1. The van der Waals surface area contributed by atoms with Gasteiger partial charge in [-0.05, 0) is 29.7 Å². The van der Waals surface area contributed by atoms with Crippen molar-refractivity contribution in [3.63, 3.8) is 0 Å². The van der Waals surface area contributed by atoms with E-state index in [1.807, 2.05) is 0 Å². The van der Waals surface area contributed by atoms with Crippen LogP contribution in [-0.2, 0) is 7.05 Å². The monoisotopic (exact) mass is 280 g/mol. The average Bonchev–Trinajstić information content (AvgIpc) is 3.04. The minimum Gasteiger partial charge on any atom is -0.358 e. The van der Waals surface area contributed by atoms with Gasteiger partial charge in [-0.25, -0.2) is 4.57 Å². The summed E-state index contributed by atoms with van der Waals surface area (Å²) in [6.45, 7) is 0.392. The summed E-state index contributed by atoms with van der Waals surface area (Å²) < 4.78 is 1.29. The lowest BCUT2D eigenvalue weighted by molar-refractivity contribution is -0.391. The zero-order valence-electron chi connectivity index (χ0n) is 11.5. The van der Waals surface area contributed by atoms with E-state index >= 15 is 0 Å². The summed E-state index contributed by atoms with van der Waals surface area (Å²) in [7, 11) is 1.51. The van der Waals surface area contributed by atoms with E-state index in [4.69, 9.17) is 5.73 Å². The van der Waals surface area contributed by atoms with Crippen molar-refractivity contribution in [1.29, 1.82) is 0 Å². The third-order valence-electron chi connectivity index (χ3n) is 4.05. The van der Waals surface area contributed by atoms with Crippen molar-refractivity contribution in [2.24, 2.45) is 18.7 Å². The first-order chi connectivity index (χ1) is 9.54. The number of hydrogen-bond acceptors (Lipinski definition) is 4. The van der Waals surface area contributed by atoms with Gasteiger partial charge in [-0.1, -0.05) is 12.8 Å². The Hall–Kier alpha value is -1.89. The second-order valence-electron chi connectivity index (χ2n) is 5.25. The summed E-state index contributed by atoms with van der Waals surface area (Å²) >= 11 is 0. The lowest BCUT2D eigenvalue weighted by Gasteiger charge is -2.22. The van der Waals surface area contributed by atoms with E-state index in [1.165, 1.54) is 36.6 Å². The van der Waals surface area contributed by atoms with Crippen molar-refractivity contribution in [3.05, 3.63) is 27.9 Å². The first kappa shape index (κ1) is 14.5. The SMILES string of the molecule is Cn1c(C(=O)NC(CN)C2CCCC2)ccc1[N+](=O)[O-]. The lowest BCUT2D eigenvalue weighted by Crippen LogP contribution is -2.45. The zero-order valence-corrected chi connectivity index (χ0v) is 11.5. The van der Waals surface area contributed by atoms with Crippen molar-refractivity contribution in [2.45, 2.75) is 31.7 Å². The highest BCUT2D eigenvalue weighted by atomic mass is 16.6. The average molecular weight is 280 g/mol. The molecule has 0 radical (unpaired) electrons. The van der Waals surface area contributed by atoms with Gasteiger partial charge in [0.05, 0.1) is 7.05 Å². The maximum absolute atomic E-state index is 12.2. The molecule has 1 aliphatic carbocycles. The van der Waals surface area contributed by atoms with E-state index < -0.39 is 4.92 Å². The maximum Gasteiger partial charge on any atom is 0.323 e. The Morgan fingerprint density at radius 1 is 1.55 bits per heavy atom. The molecule has 20 heavy (non-hydrogen) atoms. The highest BCUT2D eigenvalue weighted by molar-refractivity contribution is 5.93. The Balaban J connectivity index is 2.09. The summed E-state index contributed by atoms with van der Waals surface area (Å²) in [5, 5.41) is 13.7. The van der Waals surface area contributed by atoms with Crippen molar-refractivity contribution >= 4 is 11.7 Å². The number of nitro groups is 1. The van der Waals surface area contributed by atoms with Gasteiger partial charge < -0.3 is 21.2 Å². The summed E-state index contributed by atoms with van der Waals surface area (Å²) in [5.41, 5.74) is 6.03. The van der Waals surface area contributed by atoms with Gasteiger partial charge in [0.2, 0.25) is 0 Å². The Kier molecular flexibility index (Phi) is 4.39. The quantitative estimate of drug-likeness (QED) is 0.624. The zero-order chi connectivity index (χ0) is 14.7. The van der Waals surface area contributed by atoms with Crippen LogP contribution in [-0.4, -0.2) is 28.0 Å². The fraction of sp³-hybridized carbons (Fsp3) is 0.615. The van der Waals surface area contributed by atoms with Crippen LogP contribution in [0, 0.1) is 16.0 Å². The summed E-state index contributed by atoms with van der Waals surface area (Å²) in [6, 6.07) is 2.75. The Morgan fingerprint density at radius 2 is 2.20 bits per heavy atom. The molecule has 3 N–H and O–H groups in total. The predicted molar refractivity (Wildman–Crippen MR) is 74.3 cm³/mol. The maximum atomic E-state index is 12.2. The number of carbonyl (C=O) groups is 1. The normalized spacial score (nSPS) is 17.1. The Bertz CT molecular complexity index is 506. The van der Waals surface area contributed by atoms with E-state index in [0.717, 1.165) is 12.8 Å². The largest absolute Gasteiger partial charge is 0.358 e. The van der Waals surface area contributed by atoms with Crippen LogP contribution >= 0.6 is 0 Å². The molecule has 0 saturated heterocycles. The third kappa shape index (κ3) is 2.82. The van der Waals surface area contributed by atoms with Crippen molar-refractivity contribution < 1.29 is 9.72 Å². The molecule has 1 atom stereocenters. The molecule has 110 valence electrons. The number of nitrogens with one attached hydrogen (secondary N) is 1. The number of aromatic nitrogens is 1. The highest BCUT2D eigenvalue weighted by Crippen LogP contribution is 2.27. The van der Waals surface area contributed by atoms with Crippen LogP contribution in [0.2, 0.25) is 0 Å². The molecule has 7 heteroatoms. The van der Waals surface area contributed by atoms with E-state index in [0.29, 0.717) is 12.5 Å². The van der Waals surface area contributed by atoms with E-state index in [-0.39, 0.29) is 23.5 Å². The van der Waals surface area contributed by atoms with Gasteiger partial charge in [0.15, 0.2) is 5.69 Å². The molecule has 1 amide bonds. The molecule has 1 saturated carbocycles. The van der Waals surface area contributed by atoms with Crippen molar-refractivity contribution in [3.8, 4) is 0 Å². The van der Waals surface area contributed by atoms with Crippen LogP contribution in [0.15, 0.2) is 12.1 Å². The number of amides is 1. The van der Waals surface area contributed by atoms with Crippen LogP contribution in [0.1, 0.15) is 36.2 Å². The molecule has 1 aromatic heterocycles. The predicted octanol–water partition coefficient (Wildman–Crippen LogP) is 1.18. The molecule has 0 bridgehead atoms. The van der Waals surface area contributed by atoms with Gasteiger partial charge in [-0.3, -0.25) is 4.79 Å². The van der Waals surface area contributed by atoms with Crippen LogP contribution < -0.4 is 11.1 Å². The fourth-order valence-corrected chi connectivity index (χ4v) is 2.88. The first-order valence-electron chi connectivity index (χ1n) is 6.85. The van der Waals surface area contributed by atoms with Crippen LogP contribution in [0.25, 0.3) is 0 Å². The number of rotatable bonds is 5. The smallest absolute Gasteiger partial charge is 0.323 e. The van der Waals surface area contributed by atoms with Crippen LogP contribution in [0.5, 0.6) is 0 Å². The van der Waals surface area contributed by atoms with Crippen molar-refractivity contribution in [1.82, 2.24) is 9.88 Å². The second kappa shape index (κ2) is 6.04. The van der Waals surface area contributed by atoms with E-state index in [2.05, 4.69) is 5.32 Å². The standard InChI is InChI=1S/C13H20N4O3/c1-16-11(6-7-12(16)17(19)20)13(18)15-10(8-14)9-4-2-3-5-9/h6-7,9-10H,2-5,8,14H2,1H3,(H,15,18). The van der Waals surface area contributed by atoms with Crippen LogP contribution in [0.3, 0.4) is 0 Å². The van der Waals surface area contributed by atoms with Crippen LogP contribution in [0.4, 0.5) is 5.82 Å². The molecule has 1 aromatic rings. The summed E-state index contributed by atoms with van der Waals surface area (Å²) in [6.07, 6.45) is 4.50. The van der Waals surface area contributed by atoms with Crippen molar-refractivity contribution in [2.75, 3.05) is 6.54 Å². The topological polar surface area (TPSA) is 103 Å². The second-order valence-corrected chi connectivity index (χ2v) is 5.25. The van der Waals surface area contributed by atoms with Gasteiger partial charge in [0, 0.05) is 18.7 Å². The van der Waals surface area contributed by atoms with Gasteiger partial charge in [0.1, 0.15) is 0 Å². The number of hydrogen-bond donors (Lipinski definition) is 2. The summed E-state index contributed by atoms with van der Waals surface area (Å²) in [5.74, 6) is 0.0162. The van der Waals surface area contributed by atoms with Gasteiger partial charge in [-0.2, -0.15) is 0 Å². The Labute approximate surface area is 117 Å². The van der Waals surface area contributed by atoms with Gasteiger partial charge in [-0.15, -0.1) is 0 Å². The van der Waals surface area contributed by atoms with E-state index in [9.17, 15) is 14.9 Å². The fourth-order valence-electron chi connectivity index (χ4n) is 2.88. The molecule has 0 spiro atoms. The first-order valence-corrected chi connectivity index (χ1v) is 6.85. The van der Waals surface area contributed by atoms with E-state index in [1.54, 1.807) is 0 Å². The molecule has 1 heterocycles. The molecule has 1 unspecified atom stereocenters. The minimum atomic E-state index is -0.506. The lowest BCUT2D eigenvalue weighted by atomic mass is 9.98. The number of nitrogens with zero attached hydrogens (tertiary/aromatic N) is 2. The highest BCUT2D eigenvalue weighted by Gasteiger charge is 2.28. The molecule has 7 nitrogen and oxygen atoms in total. The molecule has 0 aliphatic heterocycles. The molecule has 1 fully saturated rings. The molecule has 2 rings (SSSR count).